The van der Waals surface area contributed by atoms with E-state index in [2.05, 4.69) is 0 Å². The predicted octanol–water partition coefficient (Wildman–Crippen LogP) is 6.54. The average Bonchev–Trinajstić information content (AvgIpc) is 2.83. The summed E-state index contributed by atoms with van der Waals surface area (Å²) in [6.07, 6.45) is -7.93. The highest BCUT2D eigenvalue weighted by Gasteiger charge is 2.54. The molecule has 2 aliphatic heterocycles. The number of morpholine rings is 1. The van der Waals surface area contributed by atoms with Gasteiger partial charge in [-0.1, -0.05) is 37.3 Å². The Balaban J connectivity index is 1.66. The van der Waals surface area contributed by atoms with Crippen molar-refractivity contribution < 1.29 is 40.6 Å². The van der Waals surface area contributed by atoms with Crippen LogP contribution in [0.15, 0.2) is 48.5 Å². The minimum absolute atomic E-state index is 0.0204. The van der Waals surface area contributed by atoms with Gasteiger partial charge in [0.2, 0.25) is 0 Å². The summed E-state index contributed by atoms with van der Waals surface area (Å²) in [6, 6.07) is 11.3. The first-order chi connectivity index (χ1) is 17.3. The van der Waals surface area contributed by atoms with Crippen molar-refractivity contribution in [2.24, 2.45) is 0 Å². The normalized spacial score (nSPS) is 27.0. The van der Waals surface area contributed by atoms with Crippen molar-refractivity contribution in [2.75, 3.05) is 26.8 Å². The largest absolute Gasteiger partial charge is 0.454 e. The lowest BCUT2D eigenvalue weighted by atomic mass is 9.71. The molecule has 2 aromatic rings. The minimum Gasteiger partial charge on any atom is -0.454 e. The van der Waals surface area contributed by atoms with Crippen LogP contribution < -0.4 is 0 Å². The van der Waals surface area contributed by atoms with Crippen LogP contribution in [0, 0.1) is 0 Å². The Hall–Kier alpha value is -2.59. The Morgan fingerprint density at radius 1 is 1.00 bits per heavy atom. The van der Waals surface area contributed by atoms with Gasteiger partial charge in [-0.3, -0.25) is 9.69 Å². The molecule has 0 radical (unpaired) electrons. The highest BCUT2D eigenvalue weighted by Crippen LogP contribution is 2.48. The van der Waals surface area contributed by atoms with Crippen molar-refractivity contribution in [3.63, 3.8) is 0 Å². The summed E-state index contributed by atoms with van der Waals surface area (Å²) in [5.74, 6) is -0.976. The smallest absolute Gasteiger partial charge is 0.416 e. The first-order valence-corrected chi connectivity index (χ1v) is 12.1. The number of piperidine rings is 1. The Morgan fingerprint density at radius 2 is 1.62 bits per heavy atom. The van der Waals surface area contributed by atoms with Gasteiger partial charge >= 0.3 is 18.3 Å². The summed E-state index contributed by atoms with van der Waals surface area (Å²) >= 11 is 0. The van der Waals surface area contributed by atoms with Crippen molar-refractivity contribution in [3.05, 3.63) is 70.8 Å². The first-order valence-electron chi connectivity index (χ1n) is 12.1. The van der Waals surface area contributed by atoms with Gasteiger partial charge in [0.1, 0.15) is 5.60 Å². The summed E-state index contributed by atoms with van der Waals surface area (Å²) in [4.78, 5) is 14.6. The topological polar surface area (TPSA) is 38.8 Å². The molecule has 2 aromatic carbocycles. The van der Waals surface area contributed by atoms with E-state index in [0.717, 1.165) is 17.7 Å². The first kappa shape index (κ1) is 27.4. The maximum atomic E-state index is 13.4. The van der Waals surface area contributed by atoms with E-state index in [1.165, 1.54) is 7.11 Å². The number of carbonyl (C=O) groups excluding carboxylic acids is 1. The molecule has 2 fully saturated rings. The van der Waals surface area contributed by atoms with Crippen LogP contribution in [0.3, 0.4) is 0 Å². The van der Waals surface area contributed by atoms with Crippen molar-refractivity contribution in [1.82, 2.24) is 4.90 Å². The van der Waals surface area contributed by atoms with E-state index < -0.39 is 40.5 Å². The van der Waals surface area contributed by atoms with Gasteiger partial charge in [-0.2, -0.15) is 26.3 Å². The lowest BCUT2D eigenvalue weighted by molar-refractivity contribution is -0.206. The van der Waals surface area contributed by atoms with Gasteiger partial charge in [0, 0.05) is 19.2 Å². The summed E-state index contributed by atoms with van der Waals surface area (Å²) in [7, 11) is 1.53. The Labute approximate surface area is 211 Å². The molecule has 2 saturated heterocycles. The van der Waals surface area contributed by atoms with Crippen molar-refractivity contribution in [1.29, 1.82) is 0 Å². The fraction of sp³-hybridized carbons (Fsp3) is 0.519. The molecule has 2 bridgehead atoms. The Morgan fingerprint density at radius 3 is 2.19 bits per heavy atom. The number of benzene rings is 2. The molecule has 4 rings (SSSR count). The highest BCUT2D eigenvalue weighted by atomic mass is 19.4. The molecule has 4 nitrogen and oxygen atoms in total. The second kappa shape index (κ2) is 9.94. The molecule has 202 valence electrons. The van der Waals surface area contributed by atoms with Crippen LogP contribution in [0.4, 0.5) is 26.3 Å². The van der Waals surface area contributed by atoms with Crippen LogP contribution in [0.1, 0.15) is 60.8 Å². The van der Waals surface area contributed by atoms with Crippen LogP contribution in [-0.4, -0.2) is 43.3 Å². The number of hydrogen-bond donors (Lipinski definition) is 0. The molecule has 0 spiro atoms. The van der Waals surface area contributed by atoms with Gasteiger partial charge in [0.05, 0.1) is 24.3 Å². The molecule has 10 heteroatoms. The molecule has 0 amide bonds. The quantitative estimate of drug-likeness (QED) is 0.302. The fourth-order valence-electron chi connectivity index (χ4n) is 5.69. The SMILES string of the molecule is COC[C@]12CC[C@@](CC[C@H](C)c3cc(C(F)(F)F)cc(C(F)(F)F)c3)(c3ccccc3)N(CC(=O)O1)C2. The number of alkyl halides is 6. The zero-order valence-corrected chi connectivity index (χ0v) is 20.6. The number of hydrogen-bond acceptors (Lipinski definition) is 4. The van der Waals surface area contributed by atoms with Crippen molar-refractivity contribution in [2.45, 2.75) is 62.0 Å². The Kier molecular flexibility index (Phi) is 7.38. The highest BCUT2D eigenvalue weighted by molar-refractivity contribution is 5.73. The van der Waals surface area contributed by atoms with Crippen molar-refractivity contribution >= 4 is 5.97 Å². The van der Waals surface area contributed by atoms with Crippen LogP contribution in [0.5, 0.6) is 0 Å². The zero-order valence-electron chi connectivity index (χ0n) is 20.6. The molecule has 0 aromatic heterocycles. The predicted molar refractivity (Wildman–Crippen MR) is 124 cm³/mol. The molecule has 2 aliphatic rings. The van der Waals surface area contributed by atoms with Crippen LogP contribution in [-0.2, 0) is 32.2 Å². The summed E-state index contributed by atoms with van der Waals surface area (Å²) in [5, 5.41) is 0. The van der Waals surface area contributed by atoms with Gasteiger partial charge in [0.25, 0.3) is 0 Å². The maximum absolute atomic E-state index is 13.4. The fourth-order valence-corrected chi connectivity index (χ4v) is 5.69. The number of halogens is 6. The standard InChI is InChI=1S/C27H29F6NO3/c1-18(19-12-21(26(28,29)30)14-22(13-19)27(31,32)33)8-9-25(20-6-4-3-5-7-20)11-10-24(17-36-2)16-34(25)15-23(35)37-24/h3-7,12-14,18H,8-11,15-17H2,1-2H3/t18-,24+,25-/m0/s1. The lowest BCUT2D eigenvalue weighted by Crippen LogP contribution is -2.66. The maximum Gasteiger partial charge on any atom is 0.416 e. The molecular formula is C27H29F6NO3. The van der Waals surface area contributed by atoms with E-state index in [-0.39, 0.29) is 30.8 Å². The molecule has 0 saturated carbocycles. The van der Waals surface area contributed by atoms with Gasteiger partial charge < -0.3 is 9.47 Å². The van der Waals surface area contributed by atoms with Gasteiger partial charge in [-0.05, 0) is 60.9 Å². The van der Waals surface area contributed by atoms with E-state index in [0.29, 0.717) is 32.2 Å². The molecule has 2 heterocycles. The molecule has 1 unspecified atom stereocenters. The third-order valence-electron chi connectivity index (χ3n) is 7.62. The van der Waals surface area contributed by atoms with Gasteiger partial charge in [0.15, 0.2) is 0 Å². The van der Waals surface area contributed by atoms with Crippen LogP contribution in [0.2, 0.25) is 0 Å². The number of carbonyl (C=O) groups is 1. The number of esters is 1. The number of nitrogens with zero attached hydrogens (tertiary/aromatic N) is 1. The van der Waals surface area contributed by atoms with Gasteiger partial charge in [-0.15, -0.1) is 0 Å². The van der Waals surface area contributed by atoms with E-state index in [1.54, 1.807) is 6.92 Å². The van der Waals surface area contributed by atoms with Crippen LogP contribution >= 0.6 is 0 Å². The number of fused-ring (bicyclic) bond motifs is 2. The van der Waals surface area contributed by atoms with Crippen LogP contribution in [0.25, 0.3) is 0 Å². The molecule has 0 N–H and O–H groups in total. The second-order valence-electron chi connectivity index (χ2n) is 10.1. The monoisotopic (exact) mass is 529 g/mol. The second-order valence-corrected chi connectivity index (χ2v) is 10.1. The van der Waals surface area contributed by atoms with Crippen molar-refractivity contribution in [3.8, 4) is 0 Å². The van der Waals surface area contributed by atoms with E-state index in [4.69, 9.17) is 9.47 Å². The van der Waals surface area contributed by atoms with E-state index in [9.17, 15) is 31.1 Å². The molecule has 37 heavy (non-hydrogen) atoms. The zero-order chi connectivity index (χ0) is 27.1. The molecule has 0 aliphatic carbocycles. The number of methoxy groups -OCH3 is 1. The third-order valence-corrected chi connectivity index (χ3v) is 7.62. The Bertz CT molecular complexity index is 1090. The summed E-state index contributed by atoms with van der Waals surface area (Å²) < 4.78 is 91.4. The number of ether oxygens (including phenoxy) is 2. The minimum atomic E-state index is -4.90. The van der Waals surface area contributed by atoms with Gasteiger partial charge in [-0.25, -0.2) is 0 Å². The summed E-state index contributed by atoms with van der Waals surface area (Å²) in [5.41, 5.74) is -3.11. The molecular weight excluding hydrogens is 500 g/mol. The lowest BCUT2D eigenvalue weighted by Gasteiger charge is -2.56. The summed E-state index contributed by atoms with van der Waals surface area (Å²) in [6.45, 7) is 2.34. The number of rotatable bonds is 7. The molecule has 4 atom stereocenters. The van der Waals surface area contributed by atoms with E-state index >= 15 is 0 Å². The van der Waals surface area contributed by atoms with E-state index in [1.807, 2.05) is 35.2 Å². The average molecular weight is 530 g/mol. The third kappa shape index (κ3) is 5.65.